The molecular weight excluding hydrogens is 479 g/mol. The van der Waals surface area contributed by atoms with Gasteiger partial charge in [-0.3, -0.25) is 4.79 Å². The van der Waals surface area contributed by atoms with E-state index >= 15 is 0 Å². The molecule has 0 atom stereocenters. The van der Waals surface area contributed by atoms with Crippen molar-refractivity contribution in [1.82, 2.24) is 9.29 Å². The number of aromatic nitrogens is 1. The summed E-state index contributed by atoms with van der Waals surface area (Å²) in [5.41, 5.74) is 0.510. The van der Waals surface area contributed by atoms with Gasteiger partial charge in [0, 0.05) is 23.8 Å². The molecule has 0 unspecified atom stereocenters. The first-order valence-electron chi connectivity index (χ1n) is 9.81. The molecule has 3 aromatic rings. The summed E-state index contributed by atoms with van der Waals surface area (Å²) < 4.78 is 73.3. The molecule has 34 heavy (non-hydrogen) atoms. The number of carbonyl (C=O) groups excluding carboxylic acids is 2. The first-order valence-corrected chi connectivity index (χ1v) is 11.2. The minimum atomic E-state index is -5.21. The van der Waals surface area contributed by atoms with Crippen LogP contribution in [0, 0.1) is 0 Å². The van der Waals surface area contributed by atoms with Crippen LogP contribution in [0.5, 0.6) is 5.75 Å². The van der Waals surface area contributed by atoms with E-state index in [1.165, 1.54) is 30.5 Å². The lowest BCUT2D eigenvalue weighted by Crippen LogP contribution is -2.29. The van der Waals surface area contributed by atoms with Crippen molar-refractivity contribution in [3.63, 3.8) is 0 Å². The number of carbonyl (C=O) groups is 2. The summed E-state index contributed by atoms with van der Waals surface area (Å²) in [6, 6.07) is 11.6. The minimum absolute atomic E-state index is 0.0898. The Morgan fingerprint density at radius 1 is 1.06 bits per heavy atom. The molecule has 2 aromatic carbocycles. The smallest absolute Gasteiger partial charge is 0.490 e. The van der Waals surface area contributed by atoms with Crippen LogP contribution in [0.15, 0.2) is 59.6 Å². The highest BCUT2D eigenvalue weighted by molar-refractivity contribution is 7.90. The molecule has 13 heteroatoms. The summed E-state index contributed by atoms with van der Waals surface area (Å²) in [7, 11) is -2.22. The van der Waals surface area contributed by atoms with Crippen molar-refractivity contribution >= 4 is 38.5 Å². The normalized spacial score (nSPS) is 11.9. The summed E-state index contributed by atoms with van der Waals surface area (Å²) in [5.74, 6) is -2.97. The van der Waals surface area contributed by atoms with E-state index in [0.29, 0.717) is 29.8 Å². The van der Waals surface area contributed by atoms with Crippen molar-refractivity contribution < 1.29 is 40.7 Å². The first kappa shape index (κ1) is 25.1. The van der Waals surface area contributed by atoms with Gasteiger partial charge in [0.2, 0.25) is 0 Å². The zero-order valence-corrected chi connectivity index (χ0v) is 18.6. The van der Waals surface area contributed by atoms with E-state index in [0.717, 1.165) is 3.97 Å². The molecule has 1 heterocycles. The van der Waals surface area contributed by atoms with Gasteiger partial charge in [0.25, 0.3) is 15.9 Å². The highest BCUT2D eigenvalue weighted by Crippen LogP contribution is 2.29. The Bertz CT molecular complexity index is 1290. The molecule has 0 aliphatic rings. The number of halogens is 3. The van der Waals surface area contributed by atoms with Crippen LogP contribution in [-0.4, -0.2) is 57.2 Å². The van der Waals surface area contributed by atoms with E-state index in [1.54, 1.807) is 31.3 Å². The lowest BCUT2D eigenvalue weighted by Gasteiger charge is -2.11. The number of anilines is 1. The van der Waals surface area contributed by atoms with Crippen LogP contribution in [0.2, 0.25) is 0 Å². The van der Waals surface area contributed by atoms with Gasteiger partial charge in [-0.15, -0.1) is 0 Å². The molecule has 3 rings (SSSR count). The topological polar surface area (TPSA) is 116 Å². The zero-order valence-electron chi connectivity index (χ0n) is 17.8. The molecule has 0 fully saturated rings. The van der Waals surface area contributed by atoms with Crippen molar-refractivity contribution in [3.05, 3.63) is 54.7 Å². The van der Waals surface area contributed by atoms with Gasteiger partial charge in [0.1, 0.15) is 12.4 Å². The number of hydrogen-bond acceptors (Lipinski definition) is 7. The van der Waals surface area contributed by atoms with Gasteiger partial charge in [-0.2, -0.15) is 13.2 Å². The van der Waals surface area contributed by atoms with Crippen LogP contribution < -0.4 is 15.4 Å². The predicted molar refractivity (Wildman–Crippen MR) is 116 cm³/mol. The predicted octanol–water partition coefficient (Wildman–Crippen LogP) is 2.52. The van der Waals surface area contributed by atoms with Crippen molar-refractivity contribution in [2.24, 2.45) is 0 Å². The fourth-order valence-corrected chi connectivity index (χ4v) is 4.29. The second-order valence-corrected chi connectivity index (χ2v) is 8.72. The first-order chi connectivity index (χ1) is 16.0. The number of ether oxygens (including phenoxy) is 2. The summed E-state index contributed by atoms with van der Waals surface area (Å²) in [6.07, 6.45) is -3.81. The van der Waals surface area contributed by atoms with Crippen LogP contribution >= 0.6 is 0 Å². The van der Waals surface area contributed by atoms with Crippen LogP contribution in [0.1, 0.15) is 0 Å². The Morgan fingerprint density at radius 2 is 1.76 bits per heavy atom. The number of likely N-dealkylation sites (N-methyl/N-ethyl adjacent to an activating group) is 1. The van der Waals surface area contributed by atoms with Crippen LogP contribution in [0.4, 0.5) is 18.9 Å². The highest BCUT2D eigenvalue weighted by atomic mass is 32.2. The number of benzene rings is 2. The molecule has 0 aliphatic heterocycles. The monoisotopic (exact) mass is 499 g/mol. The van der Waals surface area contributed by atoms with E-state index < -0.39 is 34.7 Å². The second kappa shape index (κ2) is 10.1. The number of amides is 1. The van der Waals surface area contributed by atoms with Crippen molar-refractivity contribution in [2.45, 2.75) is 11.1 Å². The lowest BCUT2D eigenvalue weighted by molar-refractivity contribution is -0.199. The quantitative estimate of drug-likeness (QED) is 0.343. The molecular formula is C21H20F3N3O6S. The number of hydrogen-bond donors (Lipinski definition) is 2. The minimum Gasteiger partial charge on any atom is -0.492 e. The number of nitrogens with zero attached hydrogens (tertiary/aromatic N) is 1. The third kappa shape index (κ3) is 5.66. The largest absolute Gasteiger partial charge is 0.492 e. The number of nitrogens with one attached hydrogen (secondary N) is 2. The van der Waals surface area contributed by atoms with E-state index in [9.17, 15) is 31.2 Å². The molecule has 0 spiro atoms. The van der Waals surface area contributed by atoms with E-state index in [1.807, 2.05) is 0 Å². The van der Waals surface area contributed by atoms with Crippen molar-refractivity contribution in [1.29, 1.82) is 0 Å². The van der Waals surface area contributed by atoms with Gasteiger partial charge >= 0.3 is 12.1 Å². The van der Waals surface area contributed by atoms with Crippen molar-refractivity contribution in [3.8, 4) is 5.75 Å². The number of esters is 1. The fourth-order valence-electron chi connectivity index (χ4n) is 2.95. The van der Waals surface area contributed by atoms with E-state index in [2.05, 4.69) is 15.4 Å². The molecule has 1 amide bonds. The van der Waals surface area contributed by atoms with Gasteiger partial charge in [0.15, 0.2) is 6.61 Å². The molecule has 0 saturated heterocycles. The molecule has 0 radical (unpaired) electrons. The Hall–Kier alpha value is -3.58. The summed E-state index contributed by atoms with van der Waals surface area (Å²) in [4.78, 5) is 22.3. The molecule has 1 aromatic heterocycles. The Labute approximate surface area is 192 Å². The summed E-state index contributed by atoms with van der Waals surface area (Å²) in [5, 5.41) is 5.78. The maximum atomic E-state index is 13.1. The fraction of sp³-hybridized carbons (Fsp3) is 0.238. The van der Waals surface area contributed by atoms with Gasteiger partial charge < -0.3 is 20.1 Å². The number of alkyl halides is 3. The third-order valence-electron chi connectivity index (χ3n) is 4.53. The van der Waals surface area contributed by atoms with Crippen molar-refractivity contribution in [2.75, 3.05) is 32.1 Å². The Morgan fingerprint density at radius 3 is 2.41 bits per heavy atom. The number of fused-ring (bicyclic) bond motifs is 1. The third-order valence-corrected chi connectivity index (χ3v) is 6.23. The lowest BCUT2D eigenvalue weighted by atomic mass is 10.2. The summed E-state index contributed by atoms with van der Waals surface area (Å²) in [6.45, 7) is -0.133. The van der Waals surface area contributed by atoms with E-state index in [4.69, 9.17) is 4.74 Å². The molecule has 0 aliphatic carbocycles. The molecule has 2 N–H and O–H groups in total. The highest BCUT2D eigenvalue weighted by Gasteiger charge is 2.41. The van der Waals surface area contributed by atoms with E-state index in [-0.39, 0.29) is 10.6 Å². The summed E-state index contributed by atoms with van der Waals surface area (Å²) >= 11 is 0. The zero-order chi connectivity index (χ0) is 24.9. The Kier molecular flexibility index (Phi) is 7.47. The van der Waals surface area contributed by atoms with Crippen LogP contribution in [0.3, 0.4) is 0 Å². The maximum Gasteiger partial charge on any atom is 0.490 e. The van der Waals surface area contributed by atoms with Crippen LogP contribution in [-0.2, 0) is 24.3 Å². The molecule has 182 valence electrons. The SMILES string of the molecule is CNCCOc1cccc2c1ccn2S(=O)(=O)c1ccc(NC(=O)COC(=O)C(F)(F)F)cc1. The standard InChI is InChI=1S/C21H20F3N3O6S/c1-25-10-12-32-18-4-2-3-17-16(18)9-11-27(17)34(30,31)15-7-5-14(6-8-15)26-19(28)13-33-20(29)21(22,23)24/h2-9,11,25H,10,12-13H2,1H3,(H,26,28). The maximum absolute atomic E-state index is 13.1. The molecule has 9 nitrogen and oxygen atoms in total. The number of rotatable bonds is 9. The van der Waals surface area contributed by atoms with Gasteiger partial charge in [0.05, 0.1) is 10.4 Å². The van der Waals surface area contributed by atoms with Crippen LogP contribution in [0.25, 0.3) is 10.9 Å². The molecule has 0 bridgehead atoms. The molecule has 0 saturated carbocycles. The van der Waals surface area contributed by atoms with Gasteiger partial charge in [-0.25, -0.2) is 17.2 Å². The second-order valence-electron chi connectivity index (χ2n) is 6.90. The van der Waals surface area contributed by atoms with Gasteiger partial charge in [-0.1, -0.05) is 6.07 Å². The Balaban J connectivity index is 1.74. The average Bonchev–Trinajstić information content (AvgIpc) is 3.23. The average molecular weight is 499 g/mol. The van der Waals surface area contributed by atoms with Gasteiger partial charge in [-0.05, 0) is 49.5 Å².